The van der Waals surface area contributed by atoms with Crippen LogP contribution in [0.3, 0.4) is 0 Å². The molecule has 5 heteroatoms. The Morgan fingerprint density at radius 2 is 1.95 bits per heavy atom. The van der Waals surface area contributed by atoms with Crippen LogP contribution in [0, 0.1) is 0 Å². The number of nitrogens with zero attached hydrogens (tertiary/aromatic N) is 1. The second-order valence-electron chi connectivity index (χ2n) is 4.76. The third kappa shape index (κ3) is 3.76. The van der Waals surface area contributed by atoms with E-state index >= 15 is 0 Å². The Morgan fingerprint density at radius 1 is 1.32 bits per heavy atom. The fraction of sp³-hybridized carbons (Fsp3) is 0.500. The fourth-order valence-electron chi connectivity index (χ4n) is 2.40. The van der Waals surface area contributed by atoms with Gasteiger partial charge in [0.2, 0.25) is 0 Å². The van der Waals surface area contributed by atoms with Gasteiger partial charge in [-0.15, -0.1) is 0 Å². The number of hydrogen-bond donors (Lipinski definition) is 2. The minimum absolute atomic E-state index is 0.0381. The van der Waals surface area contributed by atoms with Crippen molar-refractivity contribution in [1.29, 1.82) is 0 Å². The van der Waals surface area contributed by atoms with E-state index in [0.717, 1.165) is 18.7 Å². The van der Waals surface area contributed by atoms with E-state index in [1.54, 1.807) is 0 Å². The van der Waals surface area contributed by atoms with Crippen LogP contribution < -0.4 is 5.73 Å². The number of morpholine rings is 1. The Kier molecular flexibility index (Phi) is 4.90. The fourth-order valence-corrected chi connectivity index (χ4v) is 2.40. The van der Waals surface area contributed by atoms with Gasteiger partial charge in [0.15, 0.2) is 0 Å². The number of rotatable bonds is 5. The van der Waals surface area contributed by atoms with Gasteiger partial charge < -0.3 is 15.6 Å². The van der Waals surface area contributed by atoms with Crippen LogP contribution in [-0.4, -0.2) is 48.3 Å². The van der Waals surface area contributed by atoms with Crippen molar-refractivity contribution in [2.45, 2.75) is 18.5 Å². The summed E-state index contributed by atoms with van der Waals surface area (Å²) in [5.41, 5.74) is 6.82. The highest BCUT2D eigenvalue weighted by Gasteiger charge is 2.26. The molecule has 1 aliphatic heterocycles. The van der Waals surface area contributed by atoms with Crippen molar-refractivity contribution in [3.63, 3.8) is 0 Å². The molecule has 1 aromatic carbocycles. The molecule has 19 heavy (non-hydrogen) atoms. The van der Waals surface area contributed by atoms with E-state index in [2.05, 4.69) is 4.90 Å². The predicted molar refractivity (Wildman–Crippen MR) is 71.8 cm³/mol. The molecule has 1 saturated heterocycles. The molecule has 1 aromatic rings. The van der Waals surface area contributed by atoms with Crippen molar-refractivity contribution in [1.82, 2.24) is 4.90 Å². The average Bonchev–Trinajstić information content (AvgIpc) is 2.46. The predicted octanol–water partition coefficient (Wildman–Crippen LogP) is 0.862. The largest absolute Gasteiger partial charge is 0.480 e. The summed E-state index contributed by atoms with van der Waals surface area (Å²) in [6.45, 7) is 3.00. The van der Waals surface area contributed by atoms with Gasteiger partial charge in [-0.25, -0.2) is 0 Å². The number of hydrogen-bond acceptors (Lipinski definition) is 4. The maximum absolute atomic E-state index is 11.0. The van der Waals surface area contributed by atoms with E-state index in [-0.39, 0.29) is 6.04 Å². The van der Waals surface area contributed by atoms with Crippen LogP contribution in [0.1, 0.15) is 18.0 Å². The van der Waals surface area contributed by atoms with Gasteiger partial charge in [0, 0.05) is 19.1 Å². The molecular formula is C14H20N2O3. The molecule has 3 N–H and O–H groups in total. The standard InChI is InChI=1S/C14H20N2O3/c15-12(14(17)18)10-13(11-4-2-1-3-5-11)16-6-8-19-9-7-16/h1-5,12-13H,6-10,15H2,(H,17,18)/t12-,13-/m0/s1. The molecule has 0 unspecified atom stereocenters. The Balaban J connectivity index is 2.15. The first-order valence-corrected chi connectivity index (χ1v) is 6.53. The first kappa shape index (κ1) is 14.0. The van der Waals surface area contributed by atoms with E-state index in [0.29, 0.717) is 19.6 Å². The summed E-state index contributed by atoms with van der Waals surface area (Å²) in [7, 11) is 0. The summed E-state index contributed by atoms with van der Waals surface area (Å²) in [6.07, 6.45) is 0.416. The lowest BCUT2D eigenvalue weighted by Gasteiger charge is -2.35. The van der Waals surface area contributed by atoms with Crippen molar-refractivity contribution in [2.24, 2.45) is 5.73 Å². The van der Waals surface area contributed by atoms with Gasteiger partial charge in [0.25, 0.3) is 0 Å². The monoisotopic (exact) mass is 264 g/mol. The summed E-state index contributed by atoms with van der Waals surface area (Å²) in [4.78, 5) is 13.2. The van der Waals surface area contributed by atoms with Crippen molar-refractivity contribution < 1.29 is 14.6 Å². The Hall–Kier alpha value is -1.43. The van der Waals surface area contributed by atoms with Crippen LogP contribution in [0.4, 0.5) is 0 Å². The Morgan fingerprint density at radius 3 is 2.53 bits per heavy atom. The van der Waals surface area contributed by atoms with E-state index < -0.39 is 12.0 Å². The van der Waals surface area contributed by atoms with Gasteiger partial charge in [-0.3, -0.25) is 9.69 Å². The van der Waals surface area contributed by atoms with Crippen molar-refractivity contribution in [2.75, 3.05) is 26.3 Å². The van der Waals surface area contributed by atoms with Crippen molar-refractivity contribution in [3.05, 3.63) is 35.9 Å². The van der Waals surface area contributed by atoms with Crippen LogP contribution in [0.5, 0.6) is 0 Å². The molecule has 0 amide bonds. The highest BCUT2D eigenvalue weighted by Crippen LogP contribution is 2.26. The van der Waals surface area contributed by atoms with E-state index in [9.17, 15) is 4.79 Å². The number of nitrogens with two attached hydrogens (primary N) is 1. The number of aliphatic carboxylic acids is 1. The minimum Gasteiger partial charge on any atom is -0.480 e. The lowest BCUT2D eigenvalue weighted by Crippen LogP contribution is -2.42. The highest BCUT2D eigenvalue weighted by atomic mass is 16.5. The van der Waals surface area contributed by atoms with Gasteiger partial charge in [0.1, 0.15) is 6.04 Å². The van der Waals surface area contributed by atoms with Gasteiger partial charge in [-0.05, 0) is 12.0 Å². The maximum atomic E-state index is 11.0. The van der Waals surface area contributed by atoms with Crippen LogP contribution in [-0.2, 0) is 9.53 Å². The second kappa shape index (κ2) is 6.65. The number of carboxylic acid groups (broad SMARTS) is 1. The summed E-state index contributed by atoms with van der Waals surface area (Å²) in [5, 5.41) is 9.01. The molecule has 1 fully saturated rings. The van der Waals surface area contributed by atoms with E-state index in [1.165, 1.54) is 0 Å². The zero-order valence-electron chi connectivity index (χ0n) is 10.9. The molecule has 5 nitrogen and oxygen atoms in total. The molecule has 1 aliphatic rings. The topological polar surface area (TPSA) is 75.8 Å². The molecular weight excluding hydrogens is 244 g/mol. The van der Waals surface area contributed by atoms with Gasteiger partial charge in [0.05, 0.1) is 13.2 Å². The van der Waals surface area contributed by atoms with E-state index in [4.69, 9.17) is 15.6 Å². The minimum atomic E-state index is -0.950. The molecule has 2 rings (SSSR count). The smallest absolute Gasteiger partial charge is 0.320 e. The van der Waals surface area contributed by atoms with Crippen molar-refractivity contribution in [3.8, 4) is 0 Å². The Labute approximate surface area is 113 Å². The van der Waals surface area contributed by atoms with Crippen LogP contribution in [0.15, 0.2) is 30.3 Å². The van der Waals surface area contributed by atoms with E-state index in [1.807, 2.05) is 30.3 Å². The molecule has 0 bridgehead atoms. The lowest BCUT2D eigenvalue weighted by molar-refractivity contribution is -0.139. The third-order valence-corrected chi connectivity index (χ3v) is 3.47. The van der Waals surface area contributed by atoms with Crippen LogP contribution in [0.2, 0.25) is 0 Å². The normalized spacial score (nSPS) is 19.8. The zero-order chi connectivity index (χ0) is 13.7. The molecule has 104 valence electrons. The van der Waals surface area contributed by atoms with Crippen LogP contribution >= 0.6 is 0 Å². The molecule has 0 aliphatic carbocycles. The molecule has 0 saturated carbocycles. The average molecular weight is 264 g/mol. The third-order valence-electron chi connectivity index (χ3n) is 3.47. The zero-order valence-corrected chi connectivity index (χ0v) is 10.9. The molecule has 0 aromatic heterocycles. The van der Waals surface area contributed by atoms with Gasteiger partial charge in [-0.1, -0.05) is 30.3 Å². The first-order valence-electron chi connectivity index (χ1n) is 6.53. The first-order chi connectivity index (χ1) is 9.18. The summed E-state index contributed by atoms with van der Waals surface area (Å²) >= 11 is 0. The summed E-state index contributed by atoms with van der Waals surface area (Å²) in [6, 6.07) is 9.13. The number of carbonyl (C=O) groups is 1. The van der Waals surface area contributed by atoms with Crippen LogP contribution in [0.25, 0.3) is 0 Å². The van der Waals surface area contributed by atoms with Crippen molar-refractivity contribution >= 4 is 5.97 Å². The van der Waals surface area contributed by atoms with Gasteiger partial charge >= 0.3 is 5.97 Å². The SMILES string of the molecule is N[C@@H](C[C@@H](c1ccccc1)N1CCOCC1)C(=O)O. The maximum Gasteiger partial charge on any atom is 0.320 e. The Bertz CT molecular complexity index is 404. The quantitative estimate of drug-likeness (QED) is 0.825. The molecule has 2 atom stereocenters. The summed E-state index contributed by atoms with van der Waals surface area (Å²) in [5.74, 6) is -0.950. The number of benzene rings is 1. The lowest BCUT2D eigenvalue weighted by atomic mass is 9.97. The molecule has 0 radical (unpaired) electrons. The molecule has 1 heterocycles. The molecule has 0 spiro atoms. The van der Waals surface area contributed by atoms with Gasteiger partial charge in [-0.2, -0.15) is 0 Å². The summed E-state index contributed by atoms with van der Waals surface area (Å²) < 4.78 is 5.35. The highest BCUT2D eigenvalue weighted by molar-refractivity contribution is 5.73. The number of ether oxygens (including phenoxy) is 1. The number of carboxylic acids is 1. The second-order valence-corrected chi connectivity index (χ2v) is 4.76.